The highest BCUT2D eigenvalue weighted by molar-refractivity contribution is 5.17. The lowest BCUT2D eigenvalue weighted by atomic mass is 9.71. The standard InChI is InChI=1S/C19H32N2O/c1-2-13-12-21-9-7-16-15-5-3-4-6-17(15)20-19(16)18(21)11-14(13)8-10-22/h2,14-20,22H,3-12H2,1H3/t14-,15?,16?,17?,18?,19?/m0/s1. The van der Waals surface area contributed by atoms with Crippen molar-refractivity contribution in [1.29, 1.82) is 0 Å². The van der Waals surface area contributed by atoms with Crippen molar-refractivity contribution < 1.29 is 5.11 Å². The number of hydrogen-bond donors (Lipinski definition) is 2. The van der Waals surface area contributed by atoms with E-state index < -0.39 is 0 Å². The van der Waals surface area contributed by atoms with Gasteiger partial charge in [-0.15, -0.1) is 0 Å². The predicted molar refractivity (Wildman–Crippen MR) is 89.7 cm³/mol. The van der Waals surface area contributed by atoms with Crippen molar-refractivity contribution in [2.45, 2.75) is 70.0 Å². The quantitative estimate of drug-likeness (QED) is 0.770. The van der Waals surface area contributed by atoms with Crippen LogP contribution < -0.4 is 5.32 Å². The number of hydrogen-bond acceptors (Lipinski definition) is 3. The molecule has 5 unspecified atom stereocenters. The fourth-order valence-corrected chi connectivity index (χ4v) is 6.10. The van der Waals surface area contributed by atoms with Gasteiger partial charge < -0.3 is 10.4 Å². The number of nitrogens with zero attached hydrogens (tertiary/aromatic N) is 1. The molecule has 0 aromatic carbocycles. The normalized spacial score (nSPS) is 47.1. The number of piperidine rings is 2. The predicted octanol–water partition coefficient (Wildman–Crippen LogP) is 2.56. The largest absolute Gasteiger partial charge is 0.396 e. The van der Waals surface area contributed by atoms with Crippen molar-refractivity contribution >= 4 is 0 Å². The van der Waals surface area contributed by atoms with Crippen LogP contribution in [0.1, 0.15) is 51.9 Å². The molecule has 124 valence electrons. The van der Waals surface area contributed by atoms with E-state index in [9.17, 15) is 5.11 Å². The van der Waals surface area contributed by atoms with Gasteiger partial charge in [0.05, 0.1) is 0 Å². The highest BCUT2D eigenvalue weighted by Gasteiger charge is 2.51. The number of allylic oxidation sites excluding steroid dienone is 1. The van der Waals surface area contributed by atoms with Gasteiger partial charge in [0.2, 0.25) is 0 Å². The molecular formula is C19H32N2O. The van der Waals surface area contributed by atoms with Crippen LogP contribution in [0.15, 0.2) is 11.6 Å². The molecule has 3 nitrogen and oxygen atoms in total. The van der Waals surface area contributed by atoms with Crippen LogP contribution in [-0.2, 0) is 0 Å². The number of fused-ring (bicyclic) bond motifs is 5. The van der Waals surface area contributed by atoms with E-state index in [4.69, 9.17) is 0 Å². The second kappa shape index (κ2) is 6.26. The molecule has 0 aromatic rings. The Morgan fingerprint density at radius 2 is 2.09 bits per heavy atom. The van der Waals surface area contributed by atoms with Crippen LogP contribution in [-0.4, -0.2) is 47.8 Å². The molecule has 2 N–H and O–H groups in total. The van der Waals surface area contributed by atoms with Gasteiger partial charge in [-0.3, -0.25) is 4.90 Å². The van der Waals surface area contributed by atoms with Gasteiger partial charge in [-0.25, -0.2) is 0 Å². The summed E-state index contributed by atoms with van der Waals surface area (Å²) >= 11 is 0. The van der Waals surface area contributed by atoms with Crippen LogP contribution in [0.25, 0.3) is 0 Å². The monoisotopic (exact) mass is 304 g/mol. The Morgan fingerprint density at radius 3 is 2.91 bits per heavy atom. The Kier molecular flexibility index (Phi) is 4.31. The van der Waals surface area contributed by atoms with E-state index in [2.05, 4.69) is 23.2 Å². The SMILES string of the molecule is CC=C1CN2CCC3C4CCCCC4NC3C2C[C@@H]1CCO. The van der Waals surface area contributed by atoms with E-state index in [1.165, 1.54) is 45.1 Å². The zero-order chi connectivity index (χ0) is 15.1. The van der Waals surface area contributed by atoms with E-state index in [0.29, 0.717) is 18.6 Å². The average Bonchev–Trinajstić information content (AvgIpc) is 2.93. The van der Waals surface area contributed by atoms with Crippen molar-refractivity contribution in [3.8, 4) is 0 Å². The average molecular weight is 304 g/mol. The Balaban J connectivity index is 1.53. The summed E-state index contributed by atoms with van der Waals surface area (Å²) in [6.07, 6.45) is 11.7. The van der Waals surface area contributed by atoms with Crippen LogP contribution in [0, 0.1) is 17.8 Å². The molecule has 3 heteroatoms. The Bertz CT molecular complexity index is 435. The first-order chi connectivity index (χ1) is 10.8. The second-order valence-corrected chi connectivity index (χ2v) is 8.05. The lowest BCUT2D eigenvalue weighted by molar-refractivity contribution is 0.0486. The zero-order valence-electron chi connectivity index (χ0n) is 14.0. The third-order valence-corrected chi connectivity index (χ3v) is 7.15. The molecule has 0 bridgehead atoms. The summed E-state index contributed by atoms with van der Waals surface area (Å²) < 4.78 is 0. The highest BCUT2D eigenvalue weighted by Crippen LogP contribution is 2.46. The number of nitrogens with one attached hydrogen (secondary N) is 1. The minimum absolute atomic E-state index is 0.335. The summed E-state index contributed by atoms with van der Waals surface area (Å²) in [7, 11) is 0. The summed E-state index contributed by atoms with van der Waals surface area (Å²) in [5.41, 5.74) is 1.57. The first-order valence-corrected chi connectivity index (χ1v) is 9.58. The minimum atomic E-state index is 0.335. The smallest absolute Gasteiger partial charge is 0.0436 e. The van der Waals surface area contributed by atoms with Crippen molar-refractivity contribution in [3.05, 3.63) is 11.6 Å². The molecule has 6 atom stereocenters. The molecule has 0 aromatic heterocycles. The van der Waals surface area contributed by atoms with Gasteiger partial charge in [-0.05, 0) is 63.3 Å². The topological polar surface area (TPSA) is 35.5 Å². The third-order valence-electron chi connectivity index (χ3n) is 7.15. The molecule has 4 rings (SSSR count). The van der Waals surface area contributed by atoms with Crippen molar-refractivity contribution in [1.82, 2.24) is 10.2 Å². The van der Waals surface area contributed by atoms with Gasteiger partial charge in [0.15, 0.2) is 0 Å². The Hall–Kier alpha value is -0.380. The number of aliphatic hydroxyl groups is 1. The van der Waals surface area contributed by atoms with E-state index in [1.54, 1.807) is 5.57 Å². The minimum Gasteiger partial charge on any atom is -0.396 e. The summed E-state index contributed by atoms with van der Waals surface area (Å²) in [6.45, 7) is 4.95. The van der Waals surface area contributed by atoms with Gasteiger partial charge in [-0.1, -0.05) is 24.5 Å². The maximum atomic E-state index is 9.43. The molecule has 3 saturated heterocycles. The Labute approximate surface area is 135 Å². The molecule has 22 heavy (non-hydrogen) atoms. The maximum absolute atomic E-state index is 9.43. The van der Waals surface area contributed by atoms with E-state index in [0.717, 1.165) is 36.9 Å². The molecule has 0 amide bonds. The summed E-state index contributed by atoms with van der Waals surface area (Å²) in [4.78, 5) is 2.74. The highest BCUT2D eigenvalue weighted by atomic mass is 16.3. The third kappa shape index (κ3) is 2.46. The van der Waals surface area contributed by atoms with Gasteiger partial charge in [-0.2, -0.15) is 0 Å². The molecule has 1 saturated carbocycles. The van der Waals surface area contributed by atoms with E-state index in [1.807, 2.05) is 0 Å². The second-order valence-electron chi connectivity index (χ2n) is 8.05. The fraction of sp³-hybridized carbons (Fsp3) is 0.895. The van der Waals surface area contributed by atoms with Gasteiger partial charge in [0, 0.05) is 31.3 Å². The summed E-state index contributed by atoms with van der Waals surface area (Å²) in [5, 5.41) is 13.5. The molecule has 3 heterocycles. The summed E-state index contributed by atoms with van der Waals surface area (Å²) in [6, 6.07) is 2.24. The van der Waals surface area contributed by atoms with Crippen LogP contribution in [0.3, 0.4) is 0 Å². The molecule has 0 radical (unpaired) electrons. The Morgan fingerprint density at radius 1 is 1.23 bits per heavy atom. The lowest BCUT2D eigenvalue weighted by Crippen LogP contribution is -2.59. The molecule has 3 aliphatic heterocycles. The first kappa shape index (κ1) is 15.2. The molecule has 4 aliphatic rings. The number of aliphatic hydroxyl groups excluding tert-OH is 1. The van der Waals surface area contributed by atoms with Gasteiger partial charge >= 0.3 is 0 Å². The van der Waals surface area contributed by atoms with Crippen LogP contribution in [0.2, 0.25) is 0 Å². The van der Waals surface area contributed by atoms with Gasteiger partial charge in [0.25, 0.3) is 0 Å². The number of rotatable bonds is 2. The van der Waals surface area contributed by atoms with Crippen molar-refractivity contribution in [3.63, 3.8) is 0 Å². The summed E-state index contributed by atoms with van der Waals surface area (Å²) in [5.74, 6) is 2.49. The van der Waals surface area contributed by atoms with Crippen molar-refractivity contribution in [2.75, 3.05) is 19.7 Å². The van der Waals surface area contributed by atoms with Crippen LogP contribution in [0.4, 0.5) is 0 Å². The molecule has 1 aliphatic carbocycles. The molecule has 0 spiro atoms. The lowest BCUT2D eigenvalue weighted by Gasteiger charge is -2.49. The molecular weight excluding hydrogens is 272 g/mol. The van der Waals surface area contributed by atoms with Gasteiger partial charge in [0.1, 0.15) is 0 Å². The maximum Gasteiger partial charge on any atom is 0.0436 e. The molecule has 4 fully saturated rings. The van der Waals surface area contributed by atoms with Crippen LogP contribution in [0.5, 0.6) is 0 Å². The zero-order valence-corrected chi connectivity index (χ0v) is 14.0. The fourth-order valence-electron chi connectivity index (χ4n) is 6.10. The van der Waals surface area contributed by atoms with Crippen molar-refractivity contribution in [2.24, 2.45) is 17.8 Å². The van der Waals surface area contributed by atoms with E-state index >= 15 is 0 Å². The van der Waals surface area contributed by atoms with E-state index in [-0.39, 0.29) is 0 Å². The van der Waals surface area contributed by atoms with Crippen LogP contribution >= 0.6 is 0 Å². The first-order valence-electron chi connectivity index (χ1n) is 9.58.